The monoisotopic (exact) mass is 271 g/mol. The highest BCUT2D eigenvalue weighted by atomic mass is 35.5. The summed E-state index contributed by atoms with van der Waals surface area (Å²) in [5.74, 6) is 0.576. The fourth-order valence-electron chi connectivity index (χ4n) is 2.03. The van der Waals surface area contributed by atoms with Gasteiger partial charge < -0.3 is 10.4 Å². The summed E-state index contributed by atoms with van der Waals surface area (Å²) in [6.45, 7) is 0.835. The number of nitriles is 1. The van der Waals surface area contributed by atoms with E-state index >= 15 is 0 Å². The Kier molecular flexibility index (Phi) is 4.21. The standard InChI is InChI=1S/C11H14ClN3OS/c12-10-9(5-13)17-11(15-10)14-6-7-1-3-8(16)4-2-7/h7-8,16H,1-4,6H2,(H,14,15). The van der Waals surface area contributed by atoms with Crippen LogP contribution in [0.4, 0.5) is 5.13 Å². The van der Waals surface area contributed by atoms with Gasteiger partial charge in [-0.05, 0) is 31.6 Å². The predicted molar refractivity (Wildman–Crippen MR) is 68.3 cm³/mol. The SMILES string of the molecule is N#Cc1sc(NCC2CCC(O)CC2)nc1Cl. The second-order valence-corrected chi connectivity index (χ2v) is 5.66. The van der Waals surface area contributed by atoms with Crippen molar-refractivity contribution in [3.05, 3.63) is 10.0 Å². The number of hydrogen-bond acceptors (Lipinski definition) is 5. The van der Waals surface area contributed by atoms with Crippen LogP contribution in [0.1, 0.15) is 30.6 Å². The van der Waals surface area contributed by atoms with Crippen LogP contribution in [0, 0.1) is 17.2 Å². The number of rotatable bonds is 3. The molecule has 0 aromatic carbocycles. The summed E-state index contributed by atoms with van der Waals surface area (Å²) in [7, 11) is 0. The maximum Gasteiger partial charge on any atom is 0.185 e. The van der Waals surface area contributed by atoms with Crippen molar-refractivity contribution in [1.29, 1.82) is 5.26 Å². The number of nitrogens with zero attached hydrogens (tertiary/aromatic N) is 2. The Morgan fingerprint density at radius 1 is 1.47 bits per heavy atom. The third-order valence-corrected chi connectivity index (χ3v) is 4.35. The molecule has 1 aromatic heterocycles. The van der Waals surface area contributed by atoms with Gasteiger partial charge in [0.15, 0.2) is 10.3 Å². The smallest absolute Gasteiger partial charge is 0.185 e. The normalized spacial score (nSPS) is 24.3. The maximum absolute atomic E-state index is 9.40. The number of thiazole rings is 1. The van der Waals surface area contributed by atoms with Gasteiger partial charge in [0.2, 0.25) is 0 Å². The lowest BCUT2D eigenvalue weighted by Crippen LogP contribution is -2.23. The minimum atomic E-state index is -0.120. The van der Waals surface area contributed by atoms with E-state index < -0.39 is 0 Å². The molecule has 0 aliphatic heterocycles. The average Bonchev–Trinajstić information content (AvgIpc) is 2.69. The molecule has 1 aliphatic carbocycles. The molecule has 0 radical (unpaired) electrons. The number of aliphatic hydroxyl groups excluding tert-OH is 1. The van der Waals surface area contributed by atoms with Crippen LogP contribution in [0.5, 0.6) is 0 Å². The Bertz CT molecular complexity index is 421. The van der Waals surface area contributed by atoms with Gasteiger partial charge in [-0.1, -0.05) is 22.9 Å². The Hall–Kier alpha value is -0.830. The van der Waals surface area contributed by atoms with Crippen LogP contribution in [0.3, 0.4) is 0 Å². The van der Waals surface area contributed by atoms with E-state index in [1.165, 1.54) is 11.3 Å². The second kappa shape index (κ2) is 5.67. The highest BCUT2D eigenvalue weighted by Crippen LogP contribution is 2.28. The summed E-state index contributed by atoms with van der Waals surface area (Å²) < 4.78 is 0. The summed E-state index contributed by atoms with van der Waals surface area (Å²) in [5.41, 5.74) is 0. The summed E-state index contributed by atoms with van der Waals surface area (Å²) in [5, 5.41) is 22.4. The van der Waals surface area contributed by atoms with E-state index in [0.717, 1.165) is 32.2 Å². The topological polar surface area (TPSA) is 68.9 Å². The molecule has 4 nitrogen and oxygen atoms in total. The molecular weight excluding hydrogens is 258 g/mol. The quantitative estimate of drug-likeness (QED) is 0.887. The van der Waals surface area contributed by atoms with Crippen molar-refractivity contribution in [2.45, 2.75) is 31.8 Å². The molecule has 92 valence electrons. The molecule has 1 saturated carbocycles. The zero-order valence-corrected chi connectivity index (χ0v) is 10.9. The first-order valence-electron chi connectivity index (χ1n) is 5.67. The van der Waals surface area contributed by atoms with Crippen LogP contribution in [-0.4, -0.2) is 22.7 Å². The third kappa shape index (κ3) is 3.32. The number of halogens is 1. The van der Waals surface area contributed by atoms with Crippen LogP contribution < -0.4 is 5.32 Å². The molecule has 1 aliphatic rings. The zero-order chi connectivity index (χ0) is 12.3. The van der Waals surface area contributed by atoms with Gasteiger partial charge in [0.05, 0.1) is 6.10 Å². The Morgan fingerprint density at radius 2 is 2.18 bits per heavy atom. The first kappa shape index (κ1) is 12.6. The van der Waals surface area contributed by atoms with Gasteiger partial charge in [-0.25, -0.2) is 4.98 Å². The third-order valence-electron chi connectivity index (χ3n) is 3.05. The Morgan fingerprint density at radius 3 is 2.76 bits per heavy atom. The molecule has 0 atom stereocenters. The molecule has 0 bridgehead atoms. The molecule has 2 N–H and O–H groups in total. The van der Waals surface area contributed by atoms with Gasteiger partial charge in [-0.3, -0.25) is 0 Å². The molecule has 0 saturated heterocycles. The average molecular weight is 272 g/mol. The molecule has 1 aromatic rings. The number of nitrogens with one attached hydrogen (secondary N) is 1. The first-order valence-corrected chi connectivity index (χ1v) is 6.87. The molecule has 1 heterocycles. The van der Waals surface area contributed by atoms with Crippen molar-refractivity contribution in [3.63, 3.8) is 0 Å². The van der Waals surface area contributed by atoms with Gasteiger partial charge in [0, 0.05) is 6.54 Å². The second-order valence-electron chi connectivity index (χ2n) is 4.31. The van der Waals surface area contributed by atoms with E-state index in [1.54, 1.807) is 0 Å². The van der Waals surface area contributed by atoms with Gasteiger partial charge >= 0.3 is 0 Å². The van der Waals surface area contributed by atoms with Crippen LogP contribution in [-0.2, 0) is 0 Å². The Balaban J connectivity index is 1.83. The fourth-order valence-corrected chi connectivity index (χ4v) is 2.98. The van der Waals surface area contributed by atoms with E-state index in [4.69, 9.17) is 16.9 Å². The fraction of sp³-hybridized carbons (Fsp3) is 0.636. The zero-order valence-electron chi connectivity index (χ0n) is 9.32. The van der Waals surface area contributed by atoms with Gasteiger partial charge in [0.25, 0.3) is 0 Å². The number of aliphatic hydroxyl groups is 1. The van der Waals surface area contributed by atoms with Gasteiger partial charge in [-0.2, -0.15) is 5.26 Å². The van der Waals surface area contributed by atoms with Crippen molar-refractivity contribution in [3.8, 4) is 6.07 Å². The summed E-state index contributed by atoms with van der Waals surface area (Å²) in [6.07, 6.45) is 3.73. The van der Waals surface area contributed by atoms with E-state index in [-0.39, 0.29) is 11.3 Å². The molecule has 0 amide bonds. The van der Waals surface area contributed by atoms with Crippen LogP contribution in [0.15, 0.2) is 0 Å². The molecule has 2 rings (SSSR count). The largest absolute Gasteiger partial charge is 0.393 e. The summed E-state index contributed by atoms with van der Waals surface area (Å²) in [4.78, 5) is 4.53. The van der Waals surface area contributed by atoms with Gasteiger partial charge in [0.1, 0.15) is 10.9 Å². The lowest BCUT2D eigenvalue weighted by atomic mass is 9.87. The van der Waals surface area contributed by atoms with E-state index in [0.29, 0.717) is 15.9 Å². The Labute approximate surface area is 109 Å². The van der Waals surface area contributed by atoms with Crippen molar-refractivity contribution in [2.75, 3.05) is 11.9 Å². The molecule has 1 fully saturated rings. The molecule has 0 unspecified atom stereocenters. The van der Waals surface area contributed by atoms with Crippen LogP contribution in [0.2, 0.25) is 5.15 Å². The van der Waals surface area contributed by atoms with E-state index in [1.807, 2.05) is 6.07 Å². The number of aromatic nitrogens is 1. The first-order chi connectivity index (χ1) is 8.19. The number of anilines is 1. The lowest BCUT2D eigenvalue weighted by Gasteiger charge is -2.25. The van der Waals surface area contributed by atoms with Gasteiger partial charge in [-0.15, -0.1) is 0 Å². The summed E-state index contributed by atoms with van der Waals surface area (Å²) in [6, 6.07) is 2.01. The molecule has 17 heavy (non-hydrogen) atoms. The van der Waals surface area contributed by atoms with Crippen molar-refractivity contribution < 1.29 is 5.11 Å². The lowest BCUT2D eigenvalue weighted by molar-refractivity contribution is 0.111. The van der Waals surface area contributed by atoms with Crippen LogP contribution in [0.25, 0.3) is 0 Å². The molecular formula is C11H14ClN3OS. The number of hydrogen-bond donors (Lipinski definition) is 2. The predicted octanol–water partition coefficient (Wildman–Crippen LogP) is 2.63. The van der Waals surface area contributed by atoms with Crippen molar-refractivity contribution in [2.24, 2.45) is 5.92 Å². The summed E-state index contributed by atoms with van der Waals surface area (Å²) >= 11 is 7.07. The highest BCUT2D eigenvalue weighted by molar-refractivity contribution is 7.16. The highest BCUT2D eigenvalue weighted by Gasteiger charge is 2.19. The van der Waals surface area contributed by atoms with E-state index in [2.05, 4.69) is 10.3 Å². The maximum atomic E-state index is 9.40. The van der Waals surface area contributed by atoms with E-state index in [9.17, 15) is 5.11 Å². The minimum absolute atomic E-state index is 0.120. The molecule has 0 spiro atoms. The van der Waals surface area contributed by atoms with Crippen molar-refractivity contribution in [1.82, 2.24) is 4.98 Å². The minimum Gasteiger partial charge on any atom is -0.393 e. The van der Waals surface area contributed by atoms with Crippen LogP contribution >= 0.6 is 22.9 Å². The molecule has 6 heteroatoms. The van der Waals surface area contributed by atoms with Crippen molar-refractivity contribution >= 4 is 28.1 Å².